The number of amides is 1. The van der Waals surface area contributed by atoms with E-state index in [9.17, 15) is 4.79 Å². The second-order valence-corrected chi connectivity index (χ2v) is 4.82. The molecule has 1 atom stereocenters. The highest BCUT2D eigenvalue weighted by Crippen LogP contribution is 2.19. The number of carbonyl (C=O) groups is 1. The number of aromatic nitrogens is 1. The Balaban J connectivity index is 2.18. The summed E-state index contributed by atoms with van der Waals surface area (Å²) in [6.45, 7) is 1.83. The summed E-state index contributed by atoms with van der Waals surface area (Å²) >= 11 is 3.27. The molecule has 2 rings (SSSR count). The van der Waals surface area contributed by atoms with Gasteiger partial charge in [0.25, 0.3) is 5.91 Å². The Morgan fingerprint density at radius 2 is 2.37 bits per heavy atom. The summed E-state index contributed by atoms with van der Waals surface area (Å²) in [5, 5.41) is 2.81. The molecule has 0 aliphatic carbocycles. The van der Waals surface area contributed by atoms with Crippen LogP contribution < -0.4 is 16.6 Å². The molecular formula is C12H13BrN4O2. The molecule has 1 unspecified atom stereocenters. The third-order valence-electron chi connectivity index (χ3n) is 2.55. The van der Waals surface area contributed by atoms with Crippen LogP contribution in [0.3, 0.4) is 0 Å². The predicted octanol–water partition coefficient (Wildman–Crippen LogP) is 2.21. The molecule has 19 heavy (non-hydrogen) atoms. The van der Waals surface area contributed by atoms with Crippen LogP contribution in [0.15, 0.2) is 39.5 Å². The second kappa shape index (κ2) is 5.85. The van der Waals surface area contributed by atoms with Crippen molar-refractivity contribution in [3.8, 4) is 0 Å². The molecule has 0 fully saturated rings. The number of hydrogen-bond acceptors (Lipinski definition) is 5. The first kappa shape index (κ1) is 13.6. The van der Waals surface area contributed by atoms with Gasteiger partial charge < -0.3 is 15.2 Å². The molecule has 0 aliphatic rings. The second-order valence-electron chi connectivity index (χ2n) is 3.90. The number of nitrogens with two attached hydrogens (primary N) is 1. The number of nitrogens with one attached hydrogen (secondary N) is 2. The average molecular weight is 325 g/mol. The average Bonchev–Trinajstić information content (AvgIpc) is 2.92. The lowest BCUT2D eigenvalue weighted by Crippen LogP contribution is -2.28. The lowest BCUT2D eigenvalue weighted by molar-refractivity contribution is 0.0936. The highest BCUT2D eigenvalue weighted by molar-refractivity contribution is 9.10. The third-order valence-corrected chi connectivity index (χ3v) is 2.99. The van der Waals surface area contributed by atoms with Crippen molar-refractivity contribution < 1.29 is 9.21 Å². The predicted molar refractivity (Wildman–Crippen MR) is 74.3 cm³/mol. The van der Waals surface area contributed by atoms with Gasteiger partial charge in [-0.15, -0.1) is 0 Å². The first-order chi connectivity index (χ1) is 9.11. The number of carbonyl (C=O) groups excluding carboxylic acids is 1. The van der Waals surface area contributed by atoms with E-state index in [1.54, 1.807) is 30.7 Å². The number of hydrogen-bond donors (Lipinski definition) is 3. The Morgan fingerprint density at radius 3 is 3.00 bits per heavy atom. The van der Waals surface area contributed by atoms with Crippen LogP contribution in [0.25, 0.3) is 0 Å². The van der Waals surface area contributed by atoms with Crippen molar-refractivity contribution in [3.63, 3.8) is 0 Å². The first-order valence-electron chi connectivity index (χ1n) is 5.58. The lowest BCUT2D eigenvalue weighted by Gasteiger charge is -2.13. The smallest absolute Gasteiger partial charge is 0.255 e. The maximum absolute atomic E-state index is 12.2. The molecule has 6 nitrogen and oxygen atoms in total. The highest BCUT2D eigenvalue weighted by atomic mass is 79.9. The quantitative estimate of drug-likeness (QED) is 0.592. The molecule has 0 radical (unpaired) electrons. The number of nitrogen functional groups attached to an aromatic ring is 1. The van der Waals surface area contributed by atoms with Gasteiger partial charge in [0.1, 0.15) is 5.76 Å². The number of anilines is 1. The van der Waals surface area contributed by atoms with Crippen LogP contribution in [0, 0.1) is 0 Å². The Kier molecular flexibility index (Phi) is 4.18. The molecule has 4 N–H and O–H groups in total. The third kappa shape index (κ3) is 3.12. The summed E-state index contributed by atoms with van der Waals surface area (Å²) in [6, 6.07) is 4.97. The number of pyridine rings is 1. The Hall–Kier alpha value is -1.86. The van der Waals surface area contributed by atoms with Gasteiger partial charge in [-0.05, 0) is 41.1 Å². The Bertz CT molecular complexity index is 571. The van der Waals surface area contributed by atoms with Crippen molar-refractivity contribution in [1.82, 2.24) is 10.3 Å². The van der Waals surface area contributed by atoms with Crippen molar-refractivity contribution in [2.45, 2.75) is 13.0 Å². The van der Waals surface area contributed by atoms with Gasteiger partial charge >= 0.3 is 0 Å². The fourth-order valence-corrected chi connectivity index (χ4v) is 1.94. The highest BCUT2D eigenvalue weighted by Gasteiger charge is 2.17. The van der Waals surface area contributed by atoms with Gasteiger partial charge in [-0.25, -0.2) is 10.8 Å². The SMILES string of the molecule is CC(NC(=O)c1cc(Br)cnc1NN)c1ccco1. The molecular weight excluding hydrogens is 312 g/mol. The van der Waals surface area contributed by atoms with Gasteiger partial charge in [-0.3, -0.25) is 4.79 Å². The molecule has 0 saturated carbocycles. The van der Waals surface area contributed by atoms with Crippen molar-refractivity contribution in [2.75, 3.05) is 5.43 Å². The van der Waals surface area contributed by atoms with Gasteiger partial charge in [0.2, 0.25) is 0 Å². The monoisotopic (exact) mass is 324 g/mol. The van der Waals surface area contributed by atoms with Crippen LogP contribution in [0.5, 0.6) is 0 Å². The summed E-state index contributed by atoms with van der Waals surface area (Å²) in [6.07, 6.45) is 3.12. The minimum atomic E-state index is -0.286. The van der Waals surface area contributed by atoms with E-state index >= 15 is 0 Å². The summed E-state index contributed by atoms with van der Waals surface area (Å²) in [5.41, 5.74) is 2.75. The zero-order valence-electron chi connectivity index (χ0n) is 10.2. The molecule has 0 aromatic carbocycles. The van der Waals surface area contributed by atoms with Gasteiger partial charge in [0, 0.05) is 10.7 Å². The van der Waals surface area contributed by atoms with Crippen LogP contribution in [-0.4, -0.2) is 10.9 Å². The maximum Gasteiger partial charge on any atom is 0.255 e. The van der Waals surface area contributed by atoms with E-state index in [0.717, 1.165) is 0 Å². The molecule has 1 amide bonds. The fourth-order valence-electron chi connectivity index (χ4n) is 1.61. The fraction of sp³-hybridized carbons (Fsp3) is 0.167. The van der Waals surface area contributed by atoms with Gasteiger partial charge in [-0.1, -0.05) is 0 Å². The summed E-state index contributed by atoms with van der Waals surface area (Å²) in [7, 11) is 0. The number of hydrazine groups is 1. The van der Waals surface area contributed by atoms with E-state index in [1.165, 1.54) is 0 Å². The van der Waals surface area contributed by atoms with E-state index in [4.69, 9.17) is 10.3 Å². The Labute approximate surface area is 118 Å². The topological polar surface area (TPSA) is 93.2 Å². The van der Waals surface area contributed by atoms with Crippen molar-refractivity contribution in [1.29, 1.82) is 0 Å². The number of halogens is 1. The van der Waals surface area contributed by atoms with Crippen molar-refractivity contribution in [2.24, 2.45) is 5.84 Å². The van der Waals surface area contributed by atoms with E-state index in [0.29, 0.717) is 21.6 Å². The number of furan rings is 1. The minimum absolute atomic E-state index is 0.243. The zero-order valence-corrected chi connectivity index (χ0v) is 11.8. The molecule has 0 spiro atoms. The molecule has 2 aromatic heterocycles. The molecule has 0 saturated heterocycles. The number of nitrogens with zero attached hydrogens (tertiary/aromatic N) is 1. The molecule has 7 heteroatoms. The van der Waals surface area contributed by atoms with E-state index < -0.39 is 0 Å². The van der Waals surface area contributed by atoms with Crippen LogP contribution in [0.2, 0.25) is 0 Å². The summed E-state index contributed by atoms with van der Waals surface area (Å²) in [4.78, 5) is 16.2. The van der Waals surface area contributed by atoms with Crippen LogP contribution in [-0.2, 0) is 0 Å². The maximum atomic E-state index is 12.2. The van der Waals surface area contributed by atoms with Crippen LogP contribution >= 0.6 is 15.9 Å². The van der Waals surface area contributed by atoms with Crippen molar-refractivity contribution >= 4 is 27.7 Å². The van der Waals surface area contributed by atoms with Gasteiger partial charge in [-0.2, -0.15) is 0 Å². The molecule has 0 aliphatic heterocycles. The first-order valence-corrected chi connectivity index (χ1v) is 6.37. The Morgan fingerprint density at radius 1 is 1.58 bits per heavy atom. The molecule has 100 valence electrons. The van der Waals surface area contributed by atoms with Crippen molar-refractivity contribution in [3.05, 3.63) is 46.5 Å². The van der Waals surface area contributed by atoms with E-state index in [1.807, 2.05) is 6.92 Å². The standard InChI is InChI=1S/C12H13BrN4O2/c1-7(10-3-2-4-19-10)16-12(18)9-5-8(13)6-15-11(9)17-14/h2-7H,14H2,1H3,(H,15,17)(H,16,18). The minimum Gasteiger partial charge on any atom is -0.467 e. The molecule has 0 bridgehead atoms. The summed E-state index contributed by atoms with van der Waals surface area (Å²) in [5.74, 6) is 6.04. The van der Waals surface area contributed by atoms with Crippen LogP contribution in [0.4, 0.5) is 5.82 Å². The molecule has 2 aromatic rings. The summed E-state index contributed by atoms with van der Waals surface area (Å²) < 4.78 is 5.93. The largest absolute Gasteiger partial charge is 0.467 e. The molecule has 2 heterocycles. The van der Waals surface area contributed by atoms with E-state index in [-0.39, 0.29) is 11.9 Å². The van der Waals surface area contributed by atoms with Gasteiger partial charge in [0.15, 0.2) is 5.82 Å². The van der Waals surface area contributed by atoms with Gasteiger partial charge in [0.05, 0.1) is 17.9 Å². The number of rotatable bonds is 4. The van der Waals surface area contributed by atoms with Crippen LogP contribution in [0.1, 0.15) is 29.1 Å². The normalized spacial score (nSPS) is 11.9. The zero-order chi connectivity index (χ0) is 13.8. The lowest BCUT2D eigenvalue weighted by atomic mass is 10.2. The van der Waals surface area contributed by atoms with E-state index in [2.05, 4.69) is 31.7 Å².